The van der Waals surface area contributed by atoms with Gasteiger partial charge in [-0.1, -0.05) is 41.6 Å². The number of carbonyl (C=O) groups is 3. The molecule has 3 amide bonds. The summed E-state index contributed by atoms with van der Waals surface area (Å²) in [6, 6.07) is 12.0. The maximum atomic E-state index is 12.2. The smallest absolute Gasteiger partial charge is 0.338 e. The van der Waals surface area contributed by atoms with Crippen LogP contribution in [0.2, 0.25) is 0 Å². The number of carboxylic acids is 1. The fraction of sp³-hybridized carbons (Fsp3) is 0.111. The molecule has 1 unspecified atom stereocenters. The average molecular weight is 400 g/mol. The molecule has 29 heavy (non-hydrogen) atoms. The molecule has 0 saturated carbocycles. The highest BCUT2D eigenvalue weighted by Gasteiger charge is 2.24. The number of aliphatic imine (C=N–C) groups is 1. The highest BCUT2D eigenvalue weighted by atomic mass is 16.5. The number of nitrogens with two attached hydrogens (primary N) is 2. The van der Waals surface area contributed by atoms with Crippen molar-refractivity contribution in [3.8, 4) is 0 Å². The molecule has 0 aromatic heterocycles. The van der Waals surface area contributed by atoms with Crippen molar-refractivity contribution in [3.05, 3.63) is 65.7 Å². The van der Waals surface area contributed by atoms with E-state index in [4.69, 9.17) is 16.6 Å². The number of hydrogen-bond donors (Lipinski definition) is 6. The van der Waals surface area contributed by atoms with Crippen molar-refractivity contribution in [1.29, 1.82) is 0 Å². The molecule has 0 aliphatic rings. The Hall–Kier alpha value is -3.96. The van der Waals surface area contributed by atoms with Crippen molar-refractivity contribution in [2.75, 3.05) is 0 Å². The fourth-order valence-corrected chi connectivity index (χ4v) is 2.44. The van der Waals surface area contributed by atoms with Crippen LogP contribution in [0.1, 0.15) is 28.4 Å². The van der Waals surface area contributed by atoms with Crippen molar-refractivity contribution >= 4 is 29.6 Å². The number of nitrogens with one attached hydrogen (secondary N) is 2. The number of carbonyl (C=O) groups excluding carboxylic acids is 2. The van der Waals surface area contributed by atoms with Crippen LogP contribution in [0.25, 0.3) is 0 Å². The van der Waals surface area contributed by atoms with Crippen LogP contribution < -0.4 is 22.2 Å². The van der Waals surface area contributed by atoms with Gasteiger partial charge in [-0.25, -0.2) is 15.2 Å². The third kappa shape index (κ3) is 6.61. The molecule has 2 rings (SSSR count). The van der Waals surface area contributed by atoms with E-state index in [9.17, 15) is 19.6 Å². The van der Waals surface area contributed by atoms with Crippen LogP contribution >= 0.6 is 0 Å². The third-order valence-electron chi connectivity index (χ3n) is 3.66. The molecule has 0 fully saturated rings. The van der Waals surface area contributed by atoms with E-state index in [2.05, 4.69) is 4.99 Å². The number of nitrogens with zero attached hydrogens (tertiary/aromatic N) is 2. The summed E-state index contributed by atoms with van der Waals surface area (Å²) in [5.41, 5.74) is 13.4. The number of hydroxylamine groups is 1. The third-order valence-corrected chi connectivity index (χ3v) is 3.66. The van der Waals surface area contributed by atoms with Crippen molar-refractivity contribution in [2.24, 2.45) is 16.5 Å². The van der Waals surface area contributed by atoms with E-state index >= 15 is 0 Å². The molecule has 152 valence electrons. The van der Waals surface area contributed by atoms with Crippen LogP contribution in [0.4, 0.5) is 10.5 Å². The molecule has 0 bridgehead atoms. The molecule has 1 atom stereocenters. The van der Waals surface area contributed by atoms with Gasteiger partial charge in [-0.05, 0) is 23.8 Å². The van der Waals surface area contributed by atoms with Crippen LogP contribution in [0.15, 0.2) is 59.6 Å². The van der Waals surface area contributed by atoms with Gasteiger partial charge in [0.25, 0.3) is 5.91 Å². The molecule has 0 aliphatic carbocycles. The Bertz CT molecular complexity index is 914. The summed E-state index contributed by atoms with van der Waals surface area (Å²) in [5, 5.41) is 21.6. The van der Waals surface area contributed by atoms with Crippen molar-refractivity contribution in [1.82, 2.24) is 15.9 Å². The first-order valence-corrected chi connectivity index (χ1v) is 8.32. The lowest BCUT2D eigenvalue weighted by atomic mass is 10.0. The zero-order valence-corrected chi connectivity index (χ0v) is 15.1. The predicted octanol–water partition coefficient (Wildman–Crippen LogP) is 0.853. The van der Waals surface area contributed by atoms with E-state index in [1.54, 1.807) is 36.4 Å². The van der Waals surface area contributed by atoms with E-state index in [0.29, 0.717) is 16.4 Å². The van der Waals surface area contributed by atoms with Crippen molar-refractivity contribution in [3.63, 3.8) is 0 Å². The summed E-state index contributed by atoms with van der Waals surface area (Å²) in [4.78, 5) is 39.2. The number of aliphatic carboxylic acids is 1. The van der Waals surface area contributed by atoms with Gasteiger partial charge < -0.3 is 16.6 Å². The fourth-order valence-electron chi connectivity index (χ4n) is 2.44. The maximum absolute atomic E-state index is 12.2. The Kier molecular flexibility index (Phi) is 7.23. The Morgan fingerprint density at radius 2 is 1.76 bits per heavy atom. The molecule has 0 heterocycles. The van der Waals surface area contributed by atoms with Crippen molar-refractivity contribution in [2.45, 2.75) is 12.5 Å². The largest absolute Gasteiger partial charge is 0.481 e. The number of imide groups is 1. The molecule has 0 radical (unpaired) electrons. The van der Waals surface area contributed by atoms with E-state index in [0.717, 1.165) is 0 Å². The van der Waals surface area contributed by atoms with Crippen LogP contribution in [0.5, 0.6) is 0 Å². The number of guanidine groups is 1. The molecule has 11 heteroatoms. The van der Waals surface area contributed by atoms with E-state index in [-0.39, 0.29) is 11.5 Å². The summed E-state index contributed by atoms with van der Waals surface area (Å²) >= 11 is 0. The molecule has 0 spiro atoms. The standard InChI is InChI=1S/C18H20N6O5/c19-17(20)21-13-8-4-7-12(9-13)16(27)22-18(28)23-24(29)14(10-15(25)26)11-5-2-1-3-6-11/h1-9,14,29H,10H2,(H,25,26)(H4,19,20,21)(H2,22,23,27,28). The average Bonchev–Trinajstić information content (AvgIpc) is 2.66. The van der Waals surface area contributed by atoms with Gasteiger partial charge in [0.15, 0.2) is 5.96 Å². The van der Waals surface area contributed by atoms with Crippen LogP contribution in [0.3, 0.4) is 0 Å². The Morgan fingerprint density at radius 1 is 1.07 bits per heavy atom. The normalized spacial score (nSPS) is 11.4. The minimum Gasteiger partial charge on any atom is -0.481 e. The van der Waals surface area contributed by atoms with Gasteiger partial charge in [-0.2, -0.15) is 0 Å². The lowest BCUT2D eigenvalue weighted by Gasteiger charge is -2.25. The van der Waals surface area contributed by atoms with E-state index < -0.39 is 30.4 Å². The second-order valence-corrected chi connectivity index (χ2v) is 5.85. The molecule has 11 nitrogen and oxygen atoms in total. The predicted molar refractivity (Wildman–Crippen MR) is 103 cm³/mol. The highest BCUT2D eigenvalue weighted by Crippen LogP contribution is 2.21. The molecule has 2 aromatic rings. The Morgan fingerprint density at radius 3 is 2.38 bits per heavy atom. The van der Waals surface area contributed by atoms with Gasteiger partial charge in [0.05, 0.1) is 18.2 Å². The van der Waals surface area contributed by atoms with Gasteiger partial charge in [0.1, 0.15) is 0 Å². The summed E-state index contributed by atoms with van der Waals surface area (Å²) in [6.07, 6.45) is -0.491. The number of carboxylic acid groups (broad SMARTS) is 1. The highest BCUT2D eigenvalue weighted by molar-refractivity contribution is 6.04. The first-order valence-electron chi connectivity index (χ1n) is 8.32. The topological polar surface area (TPSA) is 183 Å². The molecular weight excluding hydrogens is 380 g/mol. The summed E-state index contributed by atoms with van der Waals surface area (Å²) in [6.45, 7) is 0. The molecule has 0 aliphatic heterocycles. The van der Waals surface area contributed by atoms with Gasteiger partial charge in [0, 0.05) is 5.56 Å². The van der Waals surface area contributed by atoms with Gasteiger partial charge in [-0.15, -0.1) is 0 Å². The molecule has 8 N–H and O–H groups in total. The first kappa shape index (κ1) is 21.3. The van der Waals surface area contributed by atoms with Crippen LogP contribution in [-0.4, -0.2) is 39.4 Å². The monoisotopic (exact) mass is 400 g/mol. The molecular formula is C18H20N6O5. The lowest BCUT2D eigenvalue weighted by Crippen LogP contribution is -2.49. The summed E-state index contributed by atoms with van der Waals surface area (Å²) in [7, 11) is 0. The number of hydrogen-bond acceptors (Lipinski definition) is 6. The number of hydrazine groups is 1. The number of amides is 3. The van der Waals surface area contributed by atoms with Gasteiger partial charge >= 0.3 is 12.0 Å². The maximum Gasteiger partial charge on any atom is 0.338 e. The Labute approximate surface area is 165 Å². The second-order valence-electron chi connectivity index (χ2n) is 5.85. The molecule has 2 aromatic carbocycles. The minimum atomic E-state index is -1.19. The van der Waals surface area contributed by atoms with E-state index in [1.807, 2.05) is 10.7 Å². The Balaban J connectivity index is 2.05. The quantitative estimate of drug-likeness (QED) is 0.224. The molecule has 0 saturated heterocycles. The van der Waals surface area contributed by atoms with Gasteiger partial charge in [-0.3, -0.25) is 20.1 Å². The SMILES string of the molecule is NC(N)=Nc1cccc(C(=O)NC(=O)NN(O)C(CC(=O)O)c2ccccc2)c1. The lowest BCUT2D eigenvalue weighted by molar-refractivity contribution is -0.170. The number of benzene rings is 2. The first-order chi connectivity index (χ1) is 13.8. The van der Waals surface area contributed by atoms with Crippen LogP contribution in [-0.2, 0) is 4.79 Å². The zero-order chi connectivity index (χ0) is 21.4. The zero-order valence-electron chi connectivity index (χ0n) is 15.1. The summed E-state index contributed by atoms with van der Waals surface area (Å²) < 4.78 is 0. The second kappa shape index (κ2) is 9.82. The minimum absolute atomic E-state index is 0.0947. The summed E-state index contributed by atoms with van der Waals surface area (Å²) in [5.74, 6) is -2.16. The van der Waals surface area contributed by atoms with Crippen molar-refractivity contribution < 1.29 is 24.7 Å². The van der Waals surface area contributed by atoms with E-state index in [1.165, 1.54) is 18.2 Å². The number of urea groups is 1. The van der Waals surface area contributed by atoms with Gasteiger partial charge in [0.2, 0.25) is 0 Å². The van der Waals surface area contributed by atoms with Crippen LogP contribution in [0, 0.1) is 0 Å². The number of rotatable bonds is 7.